The Morgan fingerprint density at radius 2 is 1.79 bits per heavy atom. The predicted octanol–water partition coefficient (Wildman–Crippen LogP) is 4.51. The van der Waals surface area contributed by atoms with Gasteiger partial charge in [-0.05, 0) is 44.3 Å². The fourth-order valence-corrected chi connectivity index (χ4v) is 4.36. The van der Waals surface area contributed by atoms with Gasteiger partial charge < -0.3 is 24.4 Å². The van der Waals surface area contributed by atoms with Crippen LogP contribution in [0.5, 0.6) is 11.5 Å². The Balaban J connectivity index is 2.16. The molecule has 1 fully saturated rings. The molecule has 8 heteroatoms. The Hall–Kier alpha value is -3.03. The molecule has 0 bridgehead atoms. The highest BCUT2D eigenvalue weighted by Crippen LogP contribution is 2.43. The van der Waals surface area contributed by atoms with Crippen LogP contribution in [-0.2, 0) is 9.59 Å². The van der Waals surface area contributed by atoms with E-state index in [1.165, 1.54) is 12.0 Å². The summed E-state index contributed by atoms with van der Waals surface area (Å²) in [7, 11) is 1.54. The van der Waals surface area contributed by atoms with Crippen molar-refractivity contribution in [3.63, 3.8) is 0 Å². The summed E-state index contributed by atoms with van der Waals surface area (Å²) in [6.07, 6.45) is 0. The fraction of sp³-hybridized carbons (Fsp3) is 0.385. The van der Waals surface area contributed by atoms with E-state index in [2.05, 4.69) is 4.90 Å². The van der Waals surface area contributed by atoms with E-state index in [4.69, 9.17) is 21.1 Å². The highest BCUT2D eigenvalue weighted by molar-refractivity contribution is 6.46. The monoisotopic (exact) mass is 486 g/mol. The van der Waals surface area contributed by atoms with E-state index in [1.807, 2.05) is 32.9 Å². The number of nitrogens with zero attached hydrogens (tertiary/aromatic N) is 2. The number of hydrogen-bond acceptors (Lipinski definition) is 6. The minimum atomic E-state index is -0.794. The second-order valence-electron chi connectivity index (χ2n) is 7.84. The van der Waals surface area contributed by atoms with Crippen molar-refractivity contribution in [3.8, 4) is 11.5 Å². The molecule has 0 spiro atoms. The number of methoxy groups -OCH3 is 1. The van der Waals surface area contributed by atoms with Crippen molar-refractivity contribution in [1.82, 2.24) is 9.80 Å². The van der Waals surface area contributed by atoms with Gasteiger partial charge in [-0.3, -0.25) is 9.59 Å². The smallest absolute Gasteiger partial charge is 0.295 e. The second kappa shape index (κ2) is 11.4. The predicted molar refractivity (Wildman–Crippen MR) is 132 cm³/mol. The molecule has 1 unspecified atom stereocenters. The summed E-state index contributed by atoms with van der Waals surface area (Å²) in [6.45, 7) is 8.89. The zero-order valence-electron chi connectivity index (χ0n) is 20.0. The highest BCUT2D eigenvalue weighted by atomic mass is 35.5. The van der Waals surface area contributed by atoms with Crippen LogP contribution in [0.15, 0.2) is 48.0 Å². The van der Waals surface area contributed by atoms with Gasteiger partial charge in [-0.15, -0.1) is 0 Å². The van der Waals surface area contributed by atoms with Crippen LogP contribution in [0.1, 0.15) is 37.9 Å². The molecule has 2 aromatic carbocycles. The molecule has 1 aliphatic heterocycles. The number of likely N-dealkylation sites (tertiary alicyclic amines) is 1. The molecule has 1 heterocycles. The number of benzene rings is 2. The lowest BCUT2D eigenvalue weighted by atomic mass is 9.94. The maximum absolute atomic E-state index is 13.3. The van der Waals surface area contributed by atoms with Crippen molar-refractivity contribution >= 4 is 29.1 Å². The fourth-order valence-electron chi connectivity index (χ4n) is 4.19. The van der Waals surface area contributed by atoms with Crippen molar-refractivity contribution in [2.24, 2.45) is 0 Å². The zero-order valence-corrected chi connectivity index (χ0v) is 20.8. The number of carbonyl (C=O) groups is 2. The Morgan fingerprint density at radius 3 is 2.44 bits per heavy atom. The lowest BCUT2D eigenvalue weighted by molar-refractivity contribution is -0.140. The molecule has 7 nitrogen and oxygen atoms in total. The maximum Gasteiger partial charge on any atom is 0.295 e. The molecule has 0 aromatic heterocycles. The number of aliphatic hydroxyl groups excluding tert-OH is 1. The van der Waals surface area contributed by atoms with Gasteiger partial charge in [0.05, 0.1) is 30.4 Å². The molecule has 3 rings (SSSR count). The maximum atomic E-state index is 13.3. The normalized spacial score (nSPS) is 17.5. The Labute approximate surface area is 205 Å². The third-order valence-corrected chi connectivity index (χ3v) is 6.34. The lowest BCUT2D eigenvalue weighted by Gasteiger charge is -2.29. The van der Waals surface area contributed by atoms with Gasteiger partial charge in [0.15, 0.2) is 0 Å². The summed E-state index contributed by atoms with van der Waals surface area (Å²) < 4.78 is 11.1. The van der Waals surface area contributed by atoms with Gasteiger partial charge in [-0.1, -0.05) is 43.6 Å². The van der Waals surface area contributed by atoms with Crippen molar-refractivity contribution in [3.05, 3.63) is 64.2 Å². The van der Waals surface area contributed by atoms with Crippen LogP contribution in [0.25, 0.3) is 5.76 Å². The van der Waals surface area contributed by atoms with E-state index in [0.717, 1.165) is 13.1 Å². The van der Waals surface area contributed by atoms with Gasteiger partial charge in [-0.2, -0.15) is 0 Å². The summed E-state index contributed by atoms with van der Waals surface area (Å²) in [6, 6.07) is 11.2. The number of ketones is 1. The number of para-hydroxylation sites is 1. The van der Waals surface area contributed by atoms with E-state index in [0.29, 0.717) is 47.3 Å². The van der Waals surface area contributed by atoms with E-state index < -0.39 is 17.7 Å². The molecular weight excluding hydrogens is 456 g/mol. The third-order valence-electron chi connectivity index (χ3n) is 6.03. The molecule has 0 radical (unpaired) electrons. The number of carbonyl (C=O) groups excluding carboxylic acids is 2. The zero-order chi connectivity index (χ0) is 24.8. The van der Waals surface area contributed by atoms with Crippen LogP contribution in [0.4, 0.5) is 0 Å². The molecule has 2 aromatic rings. The second-order valence-corrected chi connectivity index (χ2v) is 8.25. The Morgan fingerprint density at radius 1 is 1.09 bits per heavy atom. The highest BCUT2D eigenvalue weighted by Gasteiger charge is 2.47. The van der Waals surface area contributed by atoms with Crippen molar-refractivity contribution in [2.75, 3.05) is 39.9 Å². The minimum Gasteiger partial charge on any atom is -0.507 e. The average molecular weight is 487 g/mol. The van der Waals surface area contributed by atoms with E-state index >= 15 is 0 Å². The number of halogens is 1. The first kappa shape index (κ1) is 25.6. The quantitative estimate of drug-likeness (QED) is 0.302. The van der Waals surface area contributed by atoms with Gasteiger partial charge in [0.2, 0.25) is 0 Å². The number of rotatable bonds is 10. The molecule has 1 atom stereocenters. The minimum absolute atomic E-state index is 0.0128. The molecular formula is C26H31ClN2O5. The SMILES string of the molecule is CCOc1cc(/C(O)=C2\C(=O)C(=O)N(CCN(CC)CC)C2c2ccccc2OC)ccc1Cl. The lowest BCUT2D eigenvalue weighted by Crippen LogP contribution is -2.38. The molecule has 0 aliphatic carbocycles. The largest absolute Gasteiger partial charge is 0.507 e. The van der Waals surface area contributed by atoms with Crippen LogP contribution in [0, 0.1) is 0 Å². The molecule has 1 amide bonds. The summed E-state index contributed by atoms with van der Waals surface area (Å²) in [5.41, 5.74) is 0.984. The van der Waals surface area contributed by atoms with Gasteiger partial charge >= 0.3 is 0 Å². The van der Waals surface area contributed by atoms with Gasteiger partial charge in [-0.25, -0.2) is 0 Å². The van der Waals surface area contributed by atoms with Crippen molar-refractivity contribution in [2.45, 2.75) is 26.8 Å². The first-order chi connectivity index (χ1) is 16.4. The van der Waals surface area contributed by atoms with Crippen LogP contribution < -0.4 is 9.47 Å². The van der Waals surface area contributed by atoms with Crippen LogP contribution in [-0.4, -0.2) is 66.5 Å². The number of hydrogen-bond donors (Lipinski definition) is 1. The number of amides is 1. The molecule has 1 N–H and O–H groups in total. The first-order valence-electron chi connectivity index (χ1n) is 11.4. The van der Waals surface area contributed by atoms with Gasteiger partial charge in [0, 0.05) is 24.2 Å². The van der Waals surface area contributed by atoms with Crippen LogP contribution in [0.3, 0.4) is 0 Å². The van der Waals surface area contributed by atoms with E-state index in [9.17, 15) is 14.7 Å². The van der Waals surface area contributed by atoms with Crippen LogP contribution >= 0.6 is 11.6 Å². The van der Waals surface area contributed by atoms with Crippen LogP contribution in [0.2, 0.25) is 5.02 Å². The van der Waals surface area contributed by atoms with E-state index in [1.54, 1.807) is 30.3 Å². The number of Topliss-reactive ketones (excluding diaryl/α,β-unsaturated/α-hetero) is 1. The Bertz CT molecular complexity index is 1080. The van der Waals surface area contributed by atoms with E-state index in [-0.39, 0.29) is 11.3 Å². The van der Waals surface area contributed by atoms with Gasteiger partial charge in [0.25, 0.3) is 11.7 Å². The summed E-state index contributed by atoms with van der Waals surface area (Å²) in [5.74, 6) is -0.751. The summed E-state index contributed by atoms with van der Waals surface area (Å²) >= 11 is 6.20. The first-order valence-corrected chi connectivity index (χ1v) is 11.8. The topological polar surface area (TPSA) is 79.3 Å². The van der Waals surface area contributed by atoms with Crippen molar-refractivity contribution < 1.29 is 24.2 Å². The van der Waals surface area contributed by atoms with Crippen molar-refractivity contribution in [1.29, 1.82) is 0 Å². The molecule has 34 heavy (non-hydrogen) atoms. The molecule has 1 saturated heterocycles. The molecule has 1 aliphatic rings. The summed E-state index contributed by atoms with van der Waals surface area (Å²) in [4.78, 5) is 30.1. The van der Waals surface area contributed by atoms with Gasteiger partial charge in [0.1, 0.15) is 17.3 Å². The average Bonchev–Trinajstić information content (AvgIpc) is 3.10. The standard InChI is InChI=1S/C26H31ClN2O5/c1-5-28(6-2)14-15-29-23(18-10-8-9-11-20(18)33-4)22(25(31)26(29)32)24(30)17-12-13-19(27)21(16-17)34-7-3/h8-13,16,23,30H,5-7,14-15H2,1-4H3/b24-22+. The summed E-state index contributed by atoms with van der Waals surface area (Å²) in [5, 5.41) is 11.7. The number of likely N-dealkylation sites (N-methyl/N-ethyl adjacent to an activating group) is 1. The molecule has 0 saturated carbocycles. The molecule has 182 valence electrons. The third kappa shape index (κ3) is 5.05. The number of ether oxygens (including phenoxy) is 2. The number of aliphatic hydroxyl groups is 1. The Kier molecular flexibility index (Phi) is 8.58.